The predicted octanol–water partition coefficient (Wildman–Crippen LogP) is 6.25. The van der Waals surface area contributed by atoms with Gasteiger partial charge >= 0.3 is 5.97 Å². The van der Waals surface area contributed by atoms with Crippen molar-refractivity contribution in [2.24, 2.45) is 0 Å². The lowest BCUT2D eigenvalue weighted by Crippen LogP contribution is -2.41. The van der Waals surface area contributed by atoms with Crippen LogP contribution in [0.1, 0.15) is 72.2 Å². The third-order valence-corrected chi connectivity index (χ3v) is 6.62. The van der Waals surface area contributed by atoms with Gasteiger partial charge in [-0.05, 0) is 86.0 Å². The lowest BCUT2D eigenvalue weighted by atomic mass is 10.0. The second-order valence-corrected chi connectivity index (χ2v) is 10.1. The fourth-order valence-corrected chi connectivity index (χ4v) is 4.13. The molecule has 3 aromatic rings. The van der Waals surface area contributed by atoms with Crippen LogP contribution in [0, 0.1) is 0 Å². The van der Waals surface area contributed by atoms with Crippen LogP contribution in [0.2, 0.25) is 0 Å². The Morgan fingerprint density at radius 2 is 1.38 bits per heavy atom. The number of esters is 1. The van der Waals surface area contributed by atoms with Crippen LogP contribution in [0.15, 0.2) is 72.8 Å². The van der Waals surface area contributed by atoms with Crippen LogP contribution in [-0.4, -0.2) is 44.4 Å². The Kier molecular flexibility index (Phi) is 11.8. The maximum Gasteiger partial charge on any atom is 0.343 e. The normalized spacial score (nSPS) is 11.4. The number of Topliss-reactive ketones (excluding diaryl/α,β-unsaturated/α-hetero) is 1. The van der Waals surface area contributed by atoms with Gasteiger partial charge < -0.3 is 19.7 Å². The molecule has 0 unspecified atom stereocenters. The molecule has 0 aliphatic carbocycles. The highest BCUT2D eigenvalue weighted by molar-refractivity contribution is 5.97. The number of amides is 1. The molecule has 0 fully saturated rings. The molecule has 1 N–H and O–H groups in total. The van der Waals surface area contributed by atoms with Crippen LogP contribution < -0.4 is 19.7 Å². The molecule has 1 amide bonds. The number of ketones is 1. The first-order valence-electron chi connectivity index (χ1n) is 13.9. The molecule has 0 radical (unpaired) electrons. The molecule has 0 bridgehead atoms. The van der Waals surface area contributed by atoms with Crippen molar-refractivity contribution in [3.05, 3.63) is 89.5 Å². The molecule has 0 aliphatic heterocycles. The molecular formula is C33H40N2O5. The van der Waals surface area contributed by atoms with Crippen molar-refractivity contribution in [3.63, 3.8) is 0 Å². The first-order valence-corrected chi connectivity index (χ1v) is 13.9. The summed E-state index contributed by atoms with van der Waals surface area (Å²) in [5.41, 5.74) is 2.73. The van der Waals surface area contributed by atoms with Gasteiger partial charge in [-0.15, -0.1) is 0 Å². The molecule has 7 heteroatoms. The number of ether oxygens (including phenoxy) is 2. The molecule has 212 valence electrons. The zero-order chi connectivity index (χ0) is 28.9. The van der Waals surface area contributed by atoms with E-state index in [0.717, 1.165) is 29.8 Å². The molecule has 3 rings (SSSR count). The van der Waals surface area contributed by atoms with Gasteiger partial charge in [0.2, 0.25) is 0 Å². The van der Waals surface area contributed by atoms with Crippen molar-refractivity contribution >= 4 is 23.3 Å². The van der Waals surface area contributed by atoms with Gasteiger partial charge in [0.25, 0.3) is 5.91 Å². The number of nitrogens with one attached hydrogen (secondary N) is 1. The number of rotatable bonds is 15. The molecule has 3 aromatic carbocycles. The van der Waals surface area contributed by atoms with Gasteiger partial charge in [-0.25, -0.2) is 4.79 Å². The van der Waals surface area contributed by atoms with Gasteiger partial charge in [-0.3, -0.25) is 9.59 Å². The van der Waals surface area contributed by atoms with Crippen molar-refractivity contribution in [1.82, 2.24) is 5.32 Å². The summed E-state index contributed by atoms with van der Waals surface area (Å²) in [6.45, 7) is 4.32. The lowest BCUT2D eigenvalue weighted by Gasteiger charge is -2.17. The van der Waals surface area contributed by atoms with Gasteiger partial charge in [0.05, 0.1) is 18.2 Å². The van der Waals surface area contributed by atoms with Crippen molar-refractivity contribution in [2.75, 3.05) is 25.6 Å². The summed E-state index contributed by atoms with van der Waals surface area (Å²) in [5, 5.41) is 2.83. The highest BCUT2D eigenvalue weighted by Gasteiger charge is 2.19. The van der Waals surface area contributed by atoms with Gasteiger partial charge in [0, 0.05) is 25.3 Å². The van der Waals surface area contributed by atoms with E-state index in [9.17, 15) is 14.4 Å². The van der Waals surface area contributed by atoms with Crippen LogP contribution in [-0.2, 0) is 11.2 Å². The second-order valence-electron chi connectivity index (χ2n) is 10.1. The van der Waals surface area contributed by atoms with Gasteiger partial charge in [0.1, 0.15) is 11.5 Å². The molecule has 7 nitrogen and oxygen atoms in total. The highest BCUT2D eigenvalue weighted by Crippen LogP contribution is 2.18. The maximum atomic E-state index is 12.7. The topological polar surface area (TPSA) is 84.9 Å². The Balaban J connectivity index is 1.50. The van der Waals surface area contributed by atoms with Crippen LogP contribution in [0.3, 0.4) is 0 Å². The summed E-state index contributed by atoms with van der Waals surface area (Å²) in [6.07, 6.45) is 6.20. The van der Waals surface area contributed by atoms with Crippen molar-refractivity contribution in [1.29, 1.82) is 0 Å². The van der Waals surface area contributed by atoms with E-state index in [2.05, 4.69) is 12.2 Å². The summed E-state index contributed by atoms with van der Waals surface area (Å²) >= 11 is 0. The molecule has 1 atom stereocenters. The molecule has 0 heterocycles. The first-order chi connectivity index (χ1) is 19.3. The third-order valence-electron chi connectivity index (χ3n) is 6.62. The average molecular weight is 545 g/mol. The maximum absolute atomic E-state index is 12.7. The van der Waals surface area contributed by atoms with Gasteiger partial charge in [0.15, 0.2) is 5.78 Å². The largest absolute Gasteiger partial charge is 0.494 e. The number of hydrogen-bond acceptors (Lipinski definition) is 6. The number of nitrogens with zero attached hydrogens (tertiary/aromatic N) is 1. The minimum absolute atomic E-state index is 0.141. The van der Waals surface area contributed by atoms with E-state index in [0.29, 0.717) is 29.9 Å². The van der Waals surface area contributed by atoms with E-state index in [1.807, 2.05) is 31.1 Å². The van der Waals surface area contributed by atoms with Crippen LogP contribution in [0.5, 0.6) is 11.5 Å². The number of carbonyl (C=O) groups is 3. The fourth-order valence-electron chi connectivity index (χ4n) is 4.13. The highest BCUT2D eigenvalue weighted by atomic mass is 16.5. The molecule has 0 saturated heterocycles. The van der Waals surface area contributed by atoms with E-state index < -0.39 is 12.0 Å². The summed E-state index contributed by atoms with van der Waals surface area (Å²) in [7, 11) is 3.86. The number of unbranched alkanes of at least 4 members (excludes halogenated alkanes) is 4. The number of anilines is 1. The van der Waals surface area contributed by atoms with Crippen molar-refractivity contribution in [3.8, 4) is 11.5 Å². The third kappa shape index (κ3) is 9.56. The van der Waals surface area contributed by atoms with E-state index in [-0.39, 0.29) is 11.7 Å². The first kappa shape index (κ1) is 30.4. The Labute approximate surface area is 237 Å². The standard InChI is InChI=1S/C33H40N2O5/c1-5-6-7-8-9-22-39-29-20-14-27(15-21-29)33(38)40-30-18-10-25(11-19-30)23-31(24(2)36)34-32(37)26-12-16-28(17-13-26)35(3)4/h10-21,31H,5-9,22-23H2,1-4H3,(H,34,37)/t31-/m0/s1. The Morgan fingerprint density at radius 3 is 1.98 bits per heavy atom. The number of carbonyl (C=O) groups excluding carboxylic acids is 3. The SMILES string of the molecule is CCCCCCCOc1ccc(C(=O)Oc2ccc(C[C@H](NC(=O)c3ccc(N(C)C)cc3)C(C)=O)cc2)cc1. The van der Waals surface area contributed by atoms with Crippen molar-refractivity contribution < 1.29 is 23.9 Å². The minimum Gasteiger partial charge on any atom is -0.494 e. The number of benzene rings is 3. The van der Waals surface area contributed by atoms with Crippen LogP contribution in [0.25, 0.3) is 0 Å². The molecule has 40 heavy (non-hydrogen) atoms. The van der Waals surface area contributed by atoms with Gasteiger partial charge in [-0.1, -0.05) is 44.7 Å². The van der Waals surface area contributed by atoms with Crippen molar-refractivity contribution in [2.45, 2.75) is 58.4 Å². The van der Waals surface area contributed by atoms with E-state index >= 15 is 0 Å². The Hall–Kier alpha value is -4.13. The van der Waals surface area contributed by atoms with Crippen LogP contribution in [0.4, 0.5) is 5.69 Å². The predicted molar refractivity (Wildman–Crippen MR) is 159 cm³/mol. The summed E-state index contributed by atoms with van der Waals surface area (Å²) in [4.78, 5) is 39.5. The molecular weight excluding hydrogens is 504 g/mol. The quantitative estimate of drug-likeness (QED) is 0.138. The monoisotopic (exact) mass is 544 g/mol. The lowest BCUT2D eigenvalue weighted by molar-refractivity contribution is -0.118. The average Bonchev–Trinajstić information content (AvgIpc) is 2.95. The second kappa shape index (κ2) is 15.5. The smallest absolute Gasteiger partial charge is 0.343 e. The zero-order valence-electron chi connectivity index (χ0n) is 23.9. The zero-order valence-corrected chi connectivity index (χ0v) is 23.9. The summed E-state index contributed by atoms with van der Waals surface area (Å²) in [5.74, 6) is 0.213. The summed E-state index contributed by atoms with van der Waals surface area (Å²) < 4.78 is 11.3. The molecule has 0 aliphatic rings. The molecule has 0 aromatic heterocycles. The number of hydrogen-bond donors (Lipinski definition) is 1. The Bertz CT molecular complexity index is 1240. The Morgan fingerprint density at radius 1 is 0.775 bits per heavy atom. The van der Waals surface area contributed by atoms with E-state index in [4.69, 9.17) is 9.47 Å². The van der Waals surface area contributed by atoms with Crippen LogP contribution >= 0.6 is 0 Å². The van der Waals surface area contributed by atoms with E-state index in [1.165, 1.54) is 26.2 Å². The fraction of sp³-hybridized carbons (Fsp3) is 0.364. The molecule has 0 saturated carbocycles. The summed E-state index contributed by atoms with van der Waals surface area (Å²) in [6, 6.07) is 20.4. The molecule has 0 spiro atoms. The van der Waals surface area contributed by atoms with E-state index in [1.54, 1.807) is 60.7 Å². The van der Waals surface area contributed by atoms with Gasteiger partial charge in [-0.2, -0.15) is 0 Å². The minimum atomic E-state index is -0.675.